The number of nitrogens with zero attached hydrogens (tertiary/aromatic N) is 1. The van der Waals surface area contributed by atoms with Crippen LogP contribution in [0.25, 0.3) is 10.9 Å². The molecule has 2 N–H and O–H groups in total. The summed E-state index contributed by atoms with van der Waals surface area (Å²) in [5.41, 5.74) is 0.129. The highest BCUT2D eigenvalue weighted by Gasteiger charge is 2.54. The Morgan fingerprint density at radius 1 is 1.31 bits per heavy atom. The molecule has 3 aliphatic rings. The molecule has 1 aliphatic carbocycles. The van der Waals surface area contributed by atoms with Gasteiger partial charge in [0.1, 0.15) is 17.2 Å². The highest BCUT2D eigenvalue weighted by atomic mass is 19.1. The van der Waals surface area contributed by atoms with E-state index in [9.17, 15) is 14.0 Å². The monoisotopic (exact) mass is 402 g/mol. The molecular formula is C21H23FN2O5. The SMILES string of the molecule is COc1cc(C)c2ncc(F)c(CC(=O)C34CCC(NC(=O)O)(CC3)CO4)c2c1. The number of carbonyl (C=O) groups excluding carboxylic acids is 1. The van der Waals surface area contributed by atoms with Gasteiger partial charge in [-0.3, -0.25) is 9.78 Å². The zero-order chi connectivity index (χ0) is 20.8. The molecule has 5 rings (SSSR count). The molecule has 1 aromatic carbocycles. The number of ketones is 1. The third kappa shape index (κ3) is 3.31. The predicted molar refractivity (Wildman–Crippen MR) is 103 cm³/mol. The Balaban J connectivity index is 1.63. The number of ether oxygens (including phenoxy) is 2. The Morgan fingerprint density at radius 2 is 2.03 bits per heavy atom. The van der Waals surface area contributed by atoms with Crippen LogP contribution in [0.3, 0.4) is 0 Å². The lowest BCUT2D eigenvalue weighted by Crippen LogP contribution is -2.65. The first kappa shape index (κ1) is 19.6. The van der Waals surface area contributed by atoms with E-state index in [4.69, 9.17) is 14.6 Å². The Labute approximate surface area is 167 Å². The summed E-state index contributed by atoms with van der Waals surface area (Å²) in [5.74, 6) is -0.151. The van der Waals surface area contributed by atoms with Gasteiger partial charge in [0.25, 0.3) is 0 Å². The number of amides is 1. The molecule has 7 nitrogen and oxygen atoms in total. The van der Waals surface area contributed by atoms with Crippen molar-refractivity contribution < 1.29 is 28.6 Å². The number of hydrogen-bond acceptors (Lipinski definition) is 5. The zero-order valence-electron chi connectivity index (χ0n) is 16.4. The van der Waals surface area contributed by atoms with Crippen molar-refractivity contribution in [3.05, 3.63) is 35.3 Å². The van der Waals surface area contributed by atoms with Gasteiger partial charge < -0.3 is 19.9 Å². The molecular weight excluding hydrogens is 379 g/mol. The van der Waals surface area contributed by atoms with Gasteiger partial charge in [-0.1, -0.05) is 0 Å². The van der Waals surface area contributed by atoms with E-state index in [1.54, 1.807) is 6.07 Å². The highest BCUT2D eigenvalue weighted by molar-refractivity contribution is 5.95. The molecule has 154 valence electrons. The molecule has 3 heterocycles. The lowest BCUT2D eigenvalue weighted by Gasteiger charge is -2.52. The van der Waals surface area contributed by atoms with E-state index in [2.05, 4.69) is 10.3 Å². The van der Waals surface area contributed by atoms with Gasteiger partial charge >= 0.3 is 6.09 Å². The van der Waals surface area contributed by atoms with E-state index in [1.807, 2.05) is 13.0 Å². The number of methoxy groups -OCH3 is 1. The Bertz CT molecular complexity index is 982. The second-order valence-electron chi connectivity index (χ2n) is 8.02. The minimum atomic E-state index is -1.09. The number of hydrogen-bond donors (Lipinski definition) is 2. The molecule has 3 fully saturated rings. The van der Waals surface area contributed by atoms with Crippen LogP contribution in [-0.4, -0.2) is 46.8 Å². The van der Waals surface area contributed by atoms with E-state index < -0.39 is 23.1 Å². The van der Waals surface area contributed by atoms with E-state index >= 15 is 0 Å². The van der Waals surface area contributed by atoms with Crippen molar-refractivity contribution in [1.29, 1.82) is 0 Å². The minimum absolute atomic E-state index is 0.114. The second kappa shape index (κ2) is 6.95. The van der Waals surface area contributed by atoms with Gasteiger partial charge in [-0.25, -0.2) is 9.18 Å². The first-order chi connectivity index (χ1) is 13.8. The molecule has 2 bridgehead atoms. The van der Waals surface area contributed by atoms with Crippen molar-refractivity contribution in [2.24, 2.45) is 0 Å². The van der Waals surface area contributed by atoms with Crippen molar-refractivity contribution in [3.63, 3.8) is 0 Å². The molecule has 0 radical (unpaired) electrons. The second-order valence-corrected chi connectivity index (χ2v) is 8.02. The van der Waals surface area contributed by atoms with Crippen LogP contribution >= 0.6 is 0 Å². The first-order valence-electron chi connectivity index (χ1n) is 9.58. The fourth-order valence-electron chi connectivity index (χ4n) is 4.54. The van der Waals surface area contributed by atoms with Crippen LogP contribution in [0.2, 0.25) is 0 Å². The van der Waals surface area contributed by atoms with Crippen LogP contribution in [0.1, 0.15) is 36.8 Å². The Hall–Kier alpha value is -2.74. The summed E-state index contributed by atoms with van der Waals surface area (Å²) in [6.45, 7) is 2.01. The van der Waals surface area contributed by atoms with Crippen LogP contribution in [0.15, 0.2) is 18.3 Å². The summed E-state index contributed by atoms with van der Waals surface area (Å²) < 4.78 is 25.9. The third-order valence-electron chi connectivity index (χ3n) is 6.29. The molecule has 29 heavy (non-hydrogen) atoms. The van der Waals surface area contributed by atoms with Crippen LogP contribution in [0, 0.1) is 12.7 Å². The molecule has 2 saturated heterocycles. The van der Waals surface area contributed by atoms with Gasteiger partial charge in [0, 0.05) is 17.4 Å². The quantitative estimate of drug-likeness (QED) is 0.797. The normalized spacial score (nSPS) is 25.8. The van der Waals surface area contributed by atoms with Crippen LogP contribution in [0.4, 0.5) is 9.18 Å². The molecule has 2 aliphatic heterocycles. The summed E-state index contributed by atoms with van der Waals surface area (Å²) in [7, 11) is 1.53. The summed E-state index contributed by atoms with van der Waals surface area (Å²) in [6.07, 6.45) is 1.82. The molecule has 1 aromatic heterocycles. The number of aromatic nitrogens is 1. The Morgan fingerprint density at radius 3 is 2.62 bits per heavy atom. The number of pyridine rings is 1. The number of rotatable bonds is 5. The summed E-state index contributed by atoms with van der Waals surface area (Å²) in [6, 6.07) is 3.51. The summed E-state index contributed by atoms with van der Waals surface area (Å²) in [4.78, 5) is 28.5. The maximum atomic E-state index is 14.7. The van der Waals surface area contributed by atoms with Gasteiger partial charge in [-0.05, 0) is 50.3 Å². The largest absolute Gasteiger partial charge is 0.497 e. The average Bonchev–Trinajstić information content (AvgIpc) is 2.70. The molecule has 2 aromatic rings. The highest BCUT2D eigenvalue weighted by Crippen LogP contribution is 2.45. The van der Waals surface area contributed by atoms with Gasteiger partial charge in [-0.2, -0.15) is 0 Å². The first-order valence-corrected chi connectivity index (χ1v) is 9.58. The molecule has 8 heteroatoms. The molecule has 0 spiro atoms. The molecule has 0 unspecified atom stereocenters. The number of fused-ring (bicyclic) bond motifs is 4. The average molecular weight is 402 g/mol. The van der Waals surface area contributed by atoms with Crippen molar-refractivity contribution in [3.8, 4) is 5.75 Å². The topological polar surface area (TPSA) is 97.8 Å². The van der Waals surface area contributed by atoms with Gasteiger partial charge in [0.05, 0.1) is 31.0 Å². The number of nitrogens with one attached hydrogen (secondary N) is 1. The number of Topliss-reactive ketones (excluding diaryl/α,β-unsaturated/α-hetero) is 1. The summed E-state index contributed by atoms with van der Waals surface area (Å²) in [5, 5.41) is 12.1. The zero-order valence-corrected chi connectivity index (χ0v) is 16.4. The summed E-state index contributed by atoms with van der Waals surface area (Å²) >= 11 is 0. The number of aryl methyl sites for hydroxylation is 1. The molecule has 0 atom stereocenters. The molecule has 1 amide bonds. The standard InChI is InChI=1S/C21H23FN2O5/c1-12-7-13(28-2)8-15-14(16(22)10-23-18(12)15)9-17(25)21-5-3-20(4-6-21,11-29-21)24-19(26)27/h7-8,10,24H,3-6,9,11H2,1-2H3,(H,26,27). The van der Waals surface area contributed by atoms with E-state index in [1.165, 1.54) is 7.11 Å². The van der Waals surface area contributed by atoms with Crippen molar-refractivity contribution in [1.82, 2.24) is 10.3 Å². The van der Waals surface area contributed by atoms with Crippen molar-refractivity contribution >= 4 is 22.8 Å². The number of benzene rings is 1. The minimum Gasteiger partial charge on any atom is -0.497 e. The van der Waals surface area contributed by atoms with Crippen LogP contribution < -0.4 is 10.1 Å². The van der Waals surface area contributed by atoms with Crippen LogP contribution in [0.5, 0.6) is 5.75 Å². The fraction of sp³-hybridized carbons (Fsp3) is 0.476. The number of carbonyl (C=O) groups is 2. The third-order valence-corrected chi connectivity index (χ3v) is 6.29. The lowest BCUT2D eigenvalue weighted by molar-refractivity contribution is -0.177. The molecule has 1 saturated carbocycles. The van der Waals surface area contributed by atoms with Crippen molar-refractivity contribution in [2.45, 2.75) is 50.2 Å². The van der Waals surface area contributed by atoms with Gasteiger partial charge in [0.15, 0.2) is 5.78 Å². The maximum Gasteiger partial charge on any atom is 0.405 e. The number of halogens is 1. The maximum absolute atomic E-state index is 14.7. The van der Waals surface area contributed by atoms with Gasteiger partial charge in [-0.15, -0.1) is 0 Å². The number of carboxylic acid groups (broad SMARTS) is 1. The van der Waals surface area contributed by atoms with Gasteiger partial charge in [0.2, 0.25) is 0 Å². The van der Waals surface area contributed by atoms with Crippen molar-refractivity contribution in [2.75, 3.05) is 13.7 Å². The van der Waals surface area contributed by atoms with E-state index in [0.717, 1.165) is 11.8 Å². The smallest absolute Gasteiger partial charge is 0.405 e. The predicted octanol–water partition coefficient (Wildman–Crippen LogP) is 3.15. The van der Waals surface area contributed by atoms with E-state index in [-0.39, 0.29) is 24.4 Å². The van der Waals surface area contributed by atoms with E-state index in [0.29, 0.717) is 42.3 Å². The van der Waals surface area contributed by atoms with Crippen LogP contribution in [-0.2, 0) is 16.0 Å². The fourth-order valence-corrected chi connectivity index (χ4v) is 4.54. The lowest BCUT2D eigenvalue weighted by atomic mass is 9.68. The Kier molecular flexibility index (Phi) is 4.69.